The van der Waals surface area contributed by atoms with Gasteiger partial charge in [0, 0.05) is 28.8 Å². The van der Waals surface area contributed by atoms with Crippen LogP contribution in [0, 0.1) is 13.8 Å². The summed E-state index contributed by atoms with van der Waals surface area (Å²) in [5, 5.41) is 5.43. The monoisotopic (exact) mass is 331 g/mol. The highest BCUT2D eigenvalue weighted by Gasteiger charge is 2.19. The summed E-state index contributed by atoms with van der Waals surface area (Å²) in [4.78, 5) is 4.50. The molecule has 2 aromatic heterocycles. The van der Waals surface area contributed by atoms with Gasteiger partial charge >= 0.3 is 0 Å². The van der Waals surface area contributed by atoms with Gasteiger partial charge in [0.05, 0.1) is 28.9 Å². The van der Waals surface area contributed by atoms with E-state index in [2.05, 4.69) is 10.1 Å². The van der Waals surface area contributed by atoms with E-state index < -0.39 is 0 Å². The molecule has 2 heterocycles. The van der Waals surface area contributed by atoms with Crippen LogP contribution in [0.25, 0.3) is 22.0 Å². The molecule has 0 fully saturated rings. The third-order valence-electron chi connectivity index (χ3n) is 3.94. The predicted octanol–water partition coefficient (Wildman–Crippen LogP) is 4.19. The van der Waals surface area contributed by atoms with Crippen LogP contribution in [0.1, 0.15) is 30.0 Å². The molecule has 6 heteroatoms. The lowest BCUT2D eigenvalue weighted by atomic mass is 9.99. The summed E-state index contributed by atoms with van der Waals surface area (Å²) in [7, 11) is 1.62. The lowest BCUT2D eigenvalue weighted by Crippen LogP contribution is -2.06. The van der Waals surface area contributed by atoms with E-state index in [-0.39, 0.29) is 6.04 Å². The number of rotatable bonds is 3. The zero-order valence-electron chi connectivity index (χ0n) is 13.5. The number of aromatic nitrogens is 2. The van der Waals surface area contributed by atoms with Crippen molar-refractivity contribution in [3.63, 3.8) is 0 Å². The van der Waals surface area contributed by atoms with Crippen molar-refractivity contribution in [2.45, 2.75) is 26.8 Å². The molecule has 0 aliphatic heterocycles. The molecule has 23 heavy (non-hydrogen) atoms. The molecule has 0 radical (unpaired) electrons. The molecule has 5 nitrogen and oxygen atoms in total. The van der Waals surface area contributed by atoms with E-state index in [4.69, 9.17) is 26.6 Å². The van der Waals surface area contributed by atoms with Crippen LogP contribution in [0.15, 0.2) is 22.9 Å². The fraction of sp³-hybridized carbons (Fsp3) is 0.294. The number of fused-ring (bicyclic) bond motifs is 1. The second-order valence-corrected chi connectivity index (χ2v) is 5.96. The first-order valence-electron chi connectivity index (χ1n) is 7.29. The number of halogens is 1. The molecule has 1 aromatic carbocycles. The van der Waals surface area contributed by atoms with E-state index in [1.807, 2.05) is 32.9 Å². The Labute approximate surface area is 139 Å². The van der Waals surface area contributed by atoms with Gasteiger partial charge in [0.2, 0.25) is 0 Å². The molecule has 0 aliphatic carbocycles. The van der Waals surface area contributed by atoms with E-state index in [9.17, 15) is 0 Å². The Balaban J connectivity index is 2.32. The third kappa shape index (κ3) is 2.56. The van der Waals surface area contributed by atoms with Gasteiger partial charge in [-0.05, 0) is 32.9 Å². The normalized spacial score (nSPS) is 12.6. The van der Waals surface area contributed by atoms with E-state index >= 15 is 0 Å². The summed E-state index contributed by atoms with van der Waals surface area (Å²) >= 11 is 6.50. The van der Waals surface area contributed by atoms with Crippen molar-refractivity contribution in [2.24, 2.45) is 5.73 Å². The maximum atomic E-state index is 6.50. The van der Waals surface area contributed by atoms with Crippen LogP contribution in [0.3, 0.4) is 0 Å². The highest BCUT2D eigenvalue weighted by Crippen LogP contribution is 2.39. The summed E-state index contributed by atoms with van der Waals surface area (Å²) in [5.74, 6) is 1.43. The van der Waals surface area contributed by atoms with E-state index in [1.54, 1.807) is 13.3 Å². The number of hydrogen-bond acceptors (Lipinski definition) is 5. The highest BCUT2D eigenvalue weighted by atomic mass is 35.5. The molecule has 0 aliphatic rings. The predicted molar refractivity (Wildman–Crippen MR) is 90.9 cm³/mol. The largest absolute Gasteiger partial charge is 0.496 e. The van der Waals surface area contributed by atoms with Crippen LogP contribution >= 0.6 is 11.6 Å². The molecule has 0 spiro atoms. The highest BCUT2D eigenvalue weighted by molar-refractivity contribution is 6.36. The fourth-order valence-electron chi connectivity index (χ4n) is 2.75. The Kier molecular flexibility index (Phi) is 4.00. The number of pyridine rings is 1. The Hall–Kier alpha value is -2.11. The number of nitrogens with zero attached hydrogens (tertiary/aromatic N) is 2. The molecule has 1 unspecified atom stereocenters. The van der Waals surface area contributed by atoms with Gasteiger partial charge in [0.1, 0.15) is 11.5 Å². The smallest absolute Gasteiger partial charge is 0.141 e. The quantitative estimate of drug-likeness (QED) is 0.779. The number of hydrogen-bond donors (Lipinski definition) is 1. The van der Waals surface area contributed by atoms with E-state index in [1.165, 1.54) is 0 Å². The van der Waals surface area contributed by atoms with E-state index in [0.717, 1.165) is 39.0 Å². The summed E-state index contributed by atoms with van der Waals surface area (Å²) in [5.41, 5.74) is 10.1. The fourth-order valence-corrected chi connectivity index (χ4v) is 3.12. The van der Waals surface area contributed by atoms with Crippen molar-refractivity contribution in [3.8, 4) is 16.9 Å². The third-order valence-corrected chi connectivity index (χ3v) is 4.37. The summed E-state index contributed by atoms with van der Waals surface area (Å²) in [6.07, 6.45) is 1.72. The summed E-state index contributed by atoms with van der Waals surface area (Å²) in [6.45, 7) is 5.65. The molecule has 0 saturated carbocycles. The maximum absolute atomic E-state index is 6.50. The minimum atomic E-state index is -0.187. The standard InChI is InChI=1S/C17H18ClN3O2/c1-8(19)13-7-20-14-5-12(16-9(2)21-23-10(16)3)15(22-4)6-11(14)17(13)18/h5-8H,19H2,1-4H3. The molecule has 0 bridgehead atoms. The van der Waals surface area contributed by atoms with Gasteiger partial charge in [-0.2, -0.15) is 0 Å². The summed E-state index contributed by atoms with van der Waals surface area (Å²) < 4.78 is 10.8. The maximum Gasteiger partial charge on any atom is 0.141 e. The van der Waals surface area contributed by atoms with Crippen molar-refractivity contribution >= 4 is 22.5 Å². The molecule has 0 amide bonds. The van der Waals surface area contributed by atoms with Gasteiger partial charge in [0.15, 0.2) is 0 Å². The number of ether oxygens (including phenoxy) is 1. The number of methoxy groups -OCH3 is 1. The molecular formula is C17H18ClN3O2. The first-order chi connectivity index (χ1) is 10.9. The Bertz CT molecular complexity index is 868. The van der Waals surface area contributed by atoms with Crippen molar-refractivity contribution in [1.82, 2.24) is 10.1 Å². The van der Waals surface area contributed by atoms with Crippen molar-refractivity contribution in [2.75, 3.05) is 7.11 Å². The van der Waals surface area contributed by atoms with Crippen LogP contribution in [0.4, 0.5) is 0 Å². The lowest BCUT2D eigenvalue weighted by Gasteiger charge is -2.14. The van der Waals surface area contributed by atoms with Gasteiger partial charge in [-0.25, -0.2) is 0 Å². The molecule has 3 rings (SSSR count). The zero-order chi connectivity index (χ0) is 16.7. The van der Waals surface area contributed by atoms with Gasteiger partial charge in [-0.1, -0.05) is 16.8 Å². The van der Waals surface area contributed by atoms with Crippen molar-refractivity contribution in [1.29, 1.82) is 0 Å². The van der Waals surface area contributed by atoms with Crippen LogP contribution in [-0.4, -0.2) is 17.3 Å². The second kappa shape index (κ2) is 5.83. The average Bonchev–Trinajstić information content (AvgIpc) is 2.85. The van der Waals surface area contributed by atoms with Gasteiger partial charge in [-0.3, -0.25) is 4.98 Å². The van der Waals surface area contributed by atoms with Crippen LogP contribution < -0.4 is 10.5 Å². The molecule has 120 valence electrons. The number of benzene rings is 1. The average molecular weight is 332 g/mol. The van der Waals surface area contributed by atoms with E-state index in [0.29, 0.717) is 10.8 Å². The second-order valence-electron chi connectivity index (χ2n) is 5.59. The number of nitrogens with two attached hydrogens (primary N) is 1. The minimum absolute atomic E-state index is 0.187. The molecule has 0 saturated heterocycles. The van der Waals surface area contributed by atoms with Crippen molar-refractivity contribution in [3.05, 3.63) is 40.4 Å². The first-order valence-corrected chi connectivity index (χ1v) is 7.66. The Morgan fingerprint density at radius 1 is 1.30 bits per heavy atom. The van der Waals surface area contributed by atoms with Crippen LogP contribution in [0.5, 0.6) is 5.75 Å². The molecule has 3 aromatic rings. The molecular weight excluding hydrogens is 314 g/mol. The van der Waals surface area contributed by atoms with Gasteiger partial charge < -0.3 is 15.0 Å². The van der Waals surface area contributed by atoms with Crippen molar-refractivity contribution < 1.29 is 9.26 Å². The SMILES string of the molecule is COc1cc2c(Cl)c(C(C)N)cnc2cc1-c1c(C)noc1C. The zero-order valence-corrected chi connectivity index (χ0v) is 14.2. The topological polar surface area (TPSA) is 74.2 Å². The Morgan fingerprint density at radius 3 is 2.61 bits per heavy atom. The van der Waals surface area contributed by atoms with Gasteiger partial charge in [0.25, 0.3) is 0 Å². The Morgan fingerprint density at radius 2 is 2.04 bits per heavy atom. The lowest BCUT2D eigenvalue weighted by molar-refractivity contribution is 0.393. The molecule has 2 N–H and O–H groups in total. The minimum Gasteiger partial charge on any atom is -0.496 e. The number of aryl methyl sites for hydroxylation is 2. The van der Waals surface area contributed by atoms with Gasteiger partial charge in [-0.15, -0.1) is 0 Å². The molecule has 1 atom stereocenters. The van der Waals surface area contributed by atoms with Crippen LogP contribution in [0.2, 0.25) is 5.02 Å². The summed E-state index contributed by atoms with van der Waals surface area (Å²) in [6, 6.07) is 3.64. The first kappa shape index (κ1) is 15.8. The van der Waals surface area contributed by atoms with Crippen LogP contribution in [-0.2, 0) is 0 Å².